The van der Waals surface area contributed by atoms with Gasteiger partial charge >= 0.3 is 0 Å². The van der Waals surface area contributed by atoms with Crippen molar-refractivity contribution in [2.24, 2.45) is 5.92 Å². The van der Waals surface area contributed by atoms with E-state index in [1.165, 1.54) is 6.07 Å². The number of benzene rings is 1. The average Bonchev–Trinajstić information content (AvgIpc) is 2.46. The Morgan fingerprint density at radius 1 is 1.58 bits per heavy atom. The molecule has 0 radical (unpaired) electrons. The topological polar surface area (TPSA) is 56.1 Å². The van der Waals surface area contributed by atoms with Crippen LogP contribution < -0.4 is 10.2 Å². The van der Waals surface area contributed by atoms with E-state index < -0.39 is 5.82 Å². The molecule has 1 aromatic rings. The molecule has 0 aliphatic carbocycles. The molecule has 2 rings (SSSR count). The third-order valence-electron chi connectivity index (χ3n) is 3.48. The third-order valence-corrected chi connectivity index (χ3v) is 3.48. The number of halogens is 1. The van der Waals surface area contributed by atoms with Gasteiger partial charge in [-0.15, -0.1) is 0 Å². The van der Waals surface area contributed by atoms with E-state index in [1.54, 1.807) is 19.2 Å². The smallest absolute Gasteiger partial charge is 0.224 e. The fourth-order valence-corrected chi connectivity index (χ4v) is 2.50. The highest BCUT2D eigenvalue weighted by Crippen LogP contribution is 2.27. The maximum Gasteiger partial charge on any atom is 0.224 e. The monoisotopic (exact) mass is 261 g/mol. The lowest BCUT2D eigenvalue weighted by atomic mass is 9.96. The number of nitriles is 1. The van der Waals surface area contributed by atoms with Crippen LogP contribution in [0.3, 0.4) is 0 Å². The lowest BCUT2D eigenvalue weighted by molar-refractivity contribution is -0.124. The number of hydrogen-bond donors (Lipinski definition) is 1. The quantitative estimate of drug-likeness (QED) is 0.881. The molecule has 0 saturated carbocycles. The van der Waals surface area contributed by atoms with Crippen molar-refractivity contribution >= 4 is 11.6 Å². The summed E-state index contributed by atoms with van der Waals surface area (Å²) in [5.74, 6) is -0.616. The highest BCUT2D eigenvalue weighted by molar-refractivity contribution is 5.79. The summed E-state index contributed by atoms with van der Waals surface area (Å²) in [5, 5.41) is 11.7. The van der Waals surface area contributed by atoms with Crippen LogP contribution in [-0.4, -0.2) is 26.0 Å². The second-order valence-electron chi connectivity index (χ2n) is 4.65. The van der Waals surface area contributed by atoms with Crippen LogP contribution in [0.25, 0.3) is 0 Å². The van der Waals surface area contributed by atoms with Crippen molar-refractivity contribution in [3.05, 3.63) is 29.6 Å². The standard InChI is InChI=1S/C14H16FN3O/c1-17-14(19)10-4-3-7-18(9-10)13-6-2-5-12(15)11(13)8-16/h2,5-6,10H,3-4,7,9H2,1H3,(H,17,19). The molecule has 1 saturated heterocycles. The minimum Gasteiger partial charge on any atom is -0.370 e. The summed E-state index contributed by atoms with van der Waals surface area (Å²) < 4.78 is 13.6. The minimum absolute atomic E-state index is 0.000360. The molecule has 1 aliphatic heterocycles. The highest BCUT2D eigenvalue weighted by atomic mass is 19.1. The Balaban J connectivity index is 2.25. The molecule has 19 heavy (non-hydrogen) atoms. The summed E-state index contributed by atoms with van der Waals surface area (Å²) in [5.41, 5.74) is 0.635. The number of anilines is 1. The lowest BCUT2D eigenvalue weighted by Crippen LogP contribution is -2.42. The van der Waals surface area contributed by atoms with Crippen LogP contribution in [0.4, 0.5) is 10.1 Å². The summed E-state index contributed by atoms with van der Waals surface area (Å²) in [4.78, 5) is 13.6. The number of carbonyl (C=O) groups is 1. The predicted molar refractivity (Wildman–Crippen MR) is 70.1 cm³/mol. The fraction of sp³-hybridized carbons (Fsp3) is 0.429. The van der Waals surface area contributed by atoms with Gasteiger partial charge in [-0.2, -0.15) is 5.26 Å². The number of nitrogens with zero attached hydrogens (tertiary/aromatic N) is 2. The molecule has 1 heterocycles. The molecule has 0 spiro atoms. The summed E-state index contributed by atoms with van der Waals surface area (Å²) in [7, 11) is 1.62. The van der Waals surface area contributed by atoms with E-state index in [9.17, 15) is 9.18 Å². The lowest BCUT2D eigenvalue weighted by Gasteiger charge is -2.34. The van der Waals surface area contributed by atoms with E-state index in [0.717, 1.165) is 19.4 Å². The van der Waals surface area contributed by atoms with Gasteiger partial charge in [0.1, 0.15) is 17.4 Å². The summed E-state index contributed by atoms with van der Waals surface area (Å²) in [6.45, 7) is 1.27. The normalized spacial score (nSPS) is 18.8. The zero-order chi connectivity index (χ0) is 13.8. The second kappa shape index (κ2) is 5.70. The number of nitrogens with one attached hydrogen (secondary N) is 1. The van der Waals surface area contributed by atoms with Crippen molar-refractivity contribution in [3.63, 3.8) is 0 Å². The fourth-order valence-electron chi connectivity index (χ4n) is 2.50. The van der Waals surface area contributed by atoms with E-state index in [-0.39, 0.29) is 17.4 Å². The maximum atomic E-state index is 13.6. The average molecular weight is 261 g/mol. The molecule has 0 bridgehead atoms. The molecule has 100 valence electrons. The number of piperidine rings is 1. The molecular weight excluding hydrogens is 245 g/mol. The van der Waals surface area contributed by atoms with Crippen LogP contribution in [0.5, 0.6) is 0 Å². The predicted octanol–water partition coefficient (Wildman–Crippen LogP) is 1.66. The first-order valence-corrected chi connectivity index (χ1v) is 6.32. The van der Waals surface area contributed by atoms with Crippen LogP contribution in [-0.2, 0) is 4.79 Å². The maximum absolute atomic E-state index is 13.6. The van der Waals surface area contributed by atoms with Gasteiger partial charge in [-0.05, 0) is 25.0 Å². The zero-order valence-corrected chi connectivity index (χ0v) is 10.8. The van der Waals surface area contributed by atoms with Gasteiger partial charge in [0.05, 0.1) is 11.6 Å². The summed E-state index contributed by atoms with van der Waals surface area (Å²) in [6.07, 6.45) is 1.69. The molecule has 1 fully saturated rings. The van der Waals surface area contributed by atoms with E-state index in [1.807, 2.05) is 11.0 Å². The molecule has 0 aromatic heterocycles. The van der Waals surface area contributed by atoms with Gasteiger partial charge in [-0.25, -0.2) is 4.39 Å². The minimum atomic E-state index is -0.512. The van der Waals surface area contributed by atoms with Crippen molar-refractivity contribution in [2.45, 2.75) is 12.8 Å². The summed E-state index contributed by atoms with van der Waals surface area (Å²) in [6, 6.07) is 6.50. The van der Waals surface area contributed by atoms with Crippen molar-refractivity contribution < 1.29 is 9.18 Å². The SMILES string of the molecule is CNC(=O)C1CCCN(c2cccc(F)c2C#N)C1. The Hall–Kier alpha value is -2.09. The first-order valence-electron chi connectivity index (χ1n) is 6.32. The molecule has 1 aliphatic rings. The van der Waals surface area contributed by atoms with E-state index in [0.29, 0.717) is 12.2 Å². The Bertz CT molecular complexity index is 524. The zero-order valence-electron chi connectivity index (χ0n) is 10.8. The molecular formula is C14H16FN3O. The van der Waals surface area contributed by atoms with Gasteiger partial charge in [-0.1, -0.05) is 6.07 Å². The Kier molecular flexibility index (Phi) is 4.00. The molecule has 1 amide bonds. The Labute approximate surface area is 111 Å². The van der Waals surface area contributed by atoms with Crippen molar-refractivity contribution in [2.75, 3.05) is 25.0 Å². The highest BCUT2D eigenvalue weighted by Gasteiger charge is 2.26. The van der Waals surface area contributed by atoms with Gasteiger partial charge in [0.15, 0.2) is 0 Å². The first-order chi connectivity index (χ1) is 9.17. The van der Waals surface area contributed by atoms with Crippen LogP contribution in [0.2, 0.25) is 0 Å². The number of rotatable bonds is 2. The van der Waals surface area contributed by atoms with Gasteiger partial charge in [0, 0.05) is 20.1 Å². The van der Waals surface area contributed by atoms with E-state index in [4.69, 9.17) is 5.26 Å². The first kappa shape index (κ1) is 13.3. The van der Waals surface area contributed by atoms with Crippen LogP contribution in [0, 0.1) is 23.1 Å². The van der Waals surface area contributed by atoms with Crippen LogP contribution in [0.15, 0.2) is 18.2 Å². The molecule has 1 N–H and O–H groups in total. The van der Waals surface area contributed by atoms with Crippen molar-refractivity contribution in [1.82, 2.24) is 5.32 Å². The molecule has 4 nitrogen and oxygen atoms in total. The number of carbonyl (C=O) groups excluding carboxylic acids is 1. The third kappa shape index (κ3) is 2.68. The largest absolute Gasteiger partial charge is 0.370 e. The molecule has 5 heteroatoms. The Morgan fingerprint density at radius 3 is 3.05 bits per heavy atom. The van der Waals surface area contributed by atoms with Crippen molar-refractivity contribution in [1.29, 1.82) is 5.26 Å². The van der Waals surface area contributed by atoms with E-state index >= 15 is 0 Å². The van der Waals surface area contributed by atoms with Crippen LogP contribution >= 0.6 is 0 Å². The molecule has 1 atom stereocenters. The molecule has 1 unspecified atom stereocenters. The number of hydrogen-bond acceptors (Lipinski definition) is 3. The second-order valence-corrected chi connectivity index (χ2v) is 4.65. The molecule has 1 aromatic carbocycles. The Morgan fingerprint density at radius 2 is 2.37 bits per heavy atom. The van der Waals surface area contributed by atoms with Gasteiger partial charge in [-0.3, -0.25) is 4.79 Å². The van der Waals surface area contributed by atoms with Gasteiger partial charge in [0.2, 0.25) is 5.91 Å². The van der Waals surface area contributed by atoms with Crippen LogP contribution in [0.1, 0.15) is 18.4 Å². The van der Waals surface area contributed by atoms with Gasteiger partial charge in [0.25, 0.3) is 0 Å². The van der Waals surface area contributed by atoms with Crippen molar-refractivity contribution in [3.8, 4) is 6.07 Å². The van der Waals surface area contributed by atoms with E-state index in [2.05, 4.69) is 5.32 Å². The van der Waals surface area contributed by atoms with Gasteiger partial charge < -0.3 is 10.2 Å². The number of amides is 1. The summed E-state index contributed by atoms with van der Waals surface area (Å²) >= 11 is 0.